The maximum Gasteiger partial charge on any atom is 0.0618 e. The first-order valence-corrected chi connectivity index (χ1v) is 25.5. The number of anilines is 3. The largest absolute Gasteiger partial charge is 0.772 e. The topological polar surface area (TPSA) is 48.3 Å². The van der Waals surface area contributed by atoms with E-state index in [1.54, 1.807) is 0 Å². The second-order valence-corrected chi connectivity index (χ2v) is 19.3. The molecule has 0 aliphatic rings. The van der Waals surface area contributed by atoms with Gasteiger partial charge in [0.15, 0.2) is 0 Å². The highest BCUT2D eigenvalue weighted by molar-refractivity contribution is 7.78. The molecule has 12 aromatic carbocycles. The summed E-state index contributed by atoms with van der Waals surface area (Å²) in [6, 6.07) is 93.0. The van der Waals surface area contributed by atoms with Gasteiger partial charge in [-0.15, -0.1) is 0 Å². The molecule has 13 aromatic rings. The summed E-state index contributed by atoms with van der Waals surface area (Å²) >= 11 is -2.27. The van der Waals surface area contributed by atoms with Gasteiger partial charge in [-0.05, 0) is 126 Å². The van der Waals surface area contributed by atoms with Crippen LogP contribution in [0.25, 0.3) is 104 Å². The van der Waals surface area contributed by atoms with E-state index in [0.29, 0.717) is 5.56 Å². The molecule has 13 rings (SSSR count). The fourth-order valence-corrected chi connectivity index (χ4v) is 11.4. The quantitative estimate of drug-likeness (QED) is 0.101. The van der Waals surface area contributed by atoms with Crippen molar-refractivity contribution in [1.82, 2.24) is 4.57 Å². The van der Waals surface area contributed by atoms with Crippen molar-refractivity contribution in [2.45, 2.75) is 5.75 Å². The van der Waals surface area contributed by atoms with Crippen LogP contribution in [0.1, 0.15) is 5.56 Å². The molecule has 4 nitrogen and oxygen atoms in total. The third-order valence-electron chi connectivity index (χ3n) is 14.2. The highest BCUT2D eigenvalue weighted by Crippen LogP contribution is 2.49. The number of hydrogen-bond acceptors (Lipinski definition) is 3. The van der Waals surface area contributed by atoms with Crippen LogP contribution in [0.4, 0.5) is 17.1 Å². The van der Waals surface area contributed by atoms with Crippen LogP contribution in [0.5, 0.6) is 0 Å². The SMILES string of the molecule is O=S([O-])Cc1cccc(N(c2cccc(-n3c4ccc(-c5ccccc5)cc4c4cc(-c5ccccc5)ccc43)c2)c2c3ccccc3c(-c3ccc(-c4cccc5ccccc45)cc3)c3ccccc23)c1. The van der Waals surface area contributed by atoms with E-state index in [-0.39, 0.29) is 5.75 Å². The summed E-state index contributed by atoms with van der Waals surface area (Å²) in [6.07, 6.45) is 0. The summed E-state index contributed by atoms with van der Waals surface area (Å²) in [5.41, 5.74) is 16.1. The Labute approximate surface area is 420 Å². The van der Waals surface area contributed by atoms with Gasteiger partial charge in [0.2, 0.25) is 0 Å². The summed E-state index contributed by atoms with van der Waals surface area (Å²) in [4.78, 5) is 2.33. The Morgan fingerprint density at radius 1 is 0.375 bits per heavy atom. The number of hydrogen-bond donors (Lipinski definition) is 0. The van der Waals surface area contributed by atoms with Gasteiger partial charge in [-0.2, -0.15) is 0 Å². The van der Waals surface area contributed by atoms with E-state index in [2.05, 4.69) is 252 Å². The molecule has 0 N–H and O–H groups in total. The highest BCUT2D eigenvalue weighted by atomic mass is 32.2. The number of fused-ring (bicyclic) bond motifs is 6. The van der Waals surface area contributed by atoms with Gasteiger partial charge in [-0.3, -0.25) is 4.21 Å². The Kier molecular flexibility index (Phi) is 10.9. The van der Waals surface area contributed by atoms with Crippen LogP contribution in [-0.2, 0) is 16.8 Å². The van der Waals surface area contributed by atoms with Gasteiger partial charge in [0.05, 0.1) is 16.7 Å². The molecule has 0 spiro atoms. The zero-order chi connectivity index (χ0) is 48.1. The molecule has 0 saturated heterocycles. The van der Waals surface area contributed by atoms with E-state index >= 15 is 0 Å². The van der Waals surface area contributed by atoms with Crippen molar-refractivity contribution in [3.63, 3.8) is 0 Å². The van der Waals surface area contributed by atoms with Crippen molar-refractivity contribution in [3.05, 3.63) is 266 Å². The smallest absolute Gasteiger partial charge is 0.0618 e. The lowest BCUT2D eigenvalue weighted by Gasteiger charge is -2.30. The lowest BCUT2D eigenvalue weighted by Crippen LogP contribution is -2.12. The first-order valence-electron chi connectivity index (χ1n) is 24.3. The minimum atomic E-state index is -2.27. The molecule has 5 heteroatoms. The normalized spacial score (nSPS) is 12.0. The number of nitrogens with zero attached hydrogens (tertiary/aromatic N) is 2. The number of aromatic nitrogens is 1. The average molecular weight is 942 g/mol. The average Bonchev–Trinajstić information content (AvgIpc) is 3.76. The Hall–Kier alpha value is -8.87. The molecule has 1 aromatic heterocycles. The van der Waals surface area contributed by atoms with Gasteiger partial charge in [0, 0.05) is 44.4 Å². The molecule has 1 heterocycles. The molecular weight excluding hydrogens is 897 g/mol. The monoisotopic (exact) mass is 941 g/mol. The molecule has 0 fully saturated rings. The number of rotatable bonds is 10. The van der Waals surface area contributed by atoms with Crippen LogP contribution in [0.2, 0.25) is 0 Å². The van der Waals surface area contributed by atoms with E-state index in [9.17, 15) is 8.76 Å². The maximum absolute atomic E-state index is 12.2. The third kappa shape index (κ3) is 7.64. The molecule has 0 amide bonds. The van der Waals surface area contributed by atoms with E-state index < -0.39 is 11.1 Å². The molecule has 0 saturated carbocycles. The van der Waals surface area contributed by atoms with Crippen LogP contribution in [0.15, 0.2) is 261 Å². The van der Waals surface area contributed by atoms with Crippen LogP contribution >= 0.6 is 0 Å². The Morgan fingerprint density at radius 2 is 0.861 bits per heavy atom. The molecule has 1 unspecified atom stereocenters. The molecule has 72 heavy (non-hydrogen) atoms. The van der Waals surface area contributed by atoms with Gasteiger partial charge in [-0.1, -0.05) is 217 Å². The fourth-order valence-electron chi connectivity index (χ4n) is 11.0. The molecule has 0 aliphatic carbocycles. The molecule has 0 aliphatic heterocycles. The fraction of sp³-hybridized carbons (Fsp3) is 0.0149. The Morgan fingerprint density at radius 3 is 1.47 bits per heavy atom. The standard InChI is InChI=1S/C67H46N2O2S/c70-72(71)44-45-16-13-23-53(40-45)68(67-60-29-11-9-27-58(60)66(59-28-10-12-30-61(59)67)50-34-32-49(33-35-50)57-31-14-22-48-21-7-8-26-56(48)57)54-24-15-25-55(43-54)69-64-38-36-51(46-17-3-1-4-18-46)41-62(64)63-42-52(37-39-65(63)69)47-19-5-2-6-20-47/h1-43H,44H2,(H,70,71)/p-1. The first kappa shape index (κ1) is 43.2. The minimum Gasteiger partial charge on any atom is -0.772 e. The van der Waals surface area contributed by atoms with Gasteiger partial charge in [-0.25, -0.2) is 0 Å². The Balaban J connectivity index is 1.02. The summed E-state index contributed by atoms with van der Waals surface area (Å²) < 4.78 is 26.9. The van der Waals surface area contributed by atoms with E-state index in [0.717, 1.165) is 77.6 Å². The Bertz CT molecular complexity index is 4060. The van der Waals surface area contributed by atoms with E-state index in [4.69, 9.17) is 0 Å². The van der Waals surface area contributed by atoms with Gasteiger partial charge >= 0.3 is 0 Å². The first-order chi connectivity index (χ1) is 35.5. The third-order valence-corrected chi connectivity index (χ3v) is 14.7. The zero-order valence-corrected chi connectivity index (χ0v) is 40.0. The lowest BCUT2D eigenvalue weighted by atomic mass is 9.89. The molecular formula is C67H45N2O2S-. The number of benzene rings is 12. The van der Waals surface area contributed by atoms with Crippen LogP contribution in [-0.4, -0.2) is 13.3 Å². The van der Waals surface area contributed by atoms with Crippen molar-refractivity contribution in [1.29, 1.82) is 0 Å². The highest BCUT2D eigenvalue weighted by Gasteiger charge is 2.24. The summed E-state index contributed by atoms with van der Waals surface area (Å²) in [5, 5.41) is 9.18. The van der Waals surface area contributed by atoms with Crippen LogP contribution in [0.3, 0.4) is 0 Å². The van der Waals surface area contributed by atoms with Crippen molar-refractivity contribution in [2.75, 3.05) is 4.90 Å². The molecule has 1 atom stereocenters. The second kappa shape index (κ2) is 18.1. The van der Waals surface area contributed by atoms with Crippen LogP contribution in [0, 0.1) is 0 Å². The summed E-state index contributed by atoms with van der Waals surface area (Å²) in [6.45, 7) is 0. The second-order valence-electron chi connectivity index (χ2n) is 18.4. The summed E-state index contributed by atoms with van der Waals surface area (Å²) in [5.74, 6) is -0.0891. The van der Waals surface area contributed by atoms with Crippen LogP contribution < -0.4 is 4.90 Å². The maximum atomic E-state index is 12.2. The van der Waals surface area contributed by atoms with Gasteiger partial charge in [0.25, 0.3) is 0 Å². The minimum absolute atomic E-state index is 0.0891. The molecule has 0 radical (unpaired) electrons. The van der Waals surface area contributed by atoms with Gasteiger partial charge < -0.3 is 14.0 Å². The zero-order valence-electron chi connectivity index (χ0n) is 39.2. The lowest BCUT2D eigenvalue weighted by molar-refractivity contribution is 0.536. The van der Waals surface area contributed by atoms with Crippen molar-refractivity contribution < 1.29 is 8.76 Å². The van der Waals surface area contributed by atoms with Crippen molar-refractivity contribution in [2.24, 2.45) is 0 Å². The molecule has 342 valence electrons. The summed E-state index contributed by atoms with van der Waals surface area (Å²) in [7, 11) is 0. The van der Waals surface area contributed by atoms with Gasteiger partial charge in [0.1, 0.15) is 0 Å². The molecule has 0 bridgehead atoms. The van der Waals surface area contributed by atoms with Crippen molar-refractivity contribution >= 4 is 82.3 Å². The van der Waals surface area contributed by atoms with E-state index in [1.807, 2.05) is 18.2 Å². The predicted molar refractivity (Wildman–Crippen MR) is 302 cm³/mol. The van der Waals surface area contributed by atoms with E-state index in [1.165, 1.54) is 43.8 Å². The predicted octanol–water partition coefficient (Wildman–Crippen LogP) is 17.8. The van der Waals surface area contributed by atoms with Crippen molar-refractivity contribution in [3.8, 4) is 50.2 Å².